The van der Waals surface area contributed by atoms with Crippen molar-refractivity contribution >= 4 is 17.8 Å². The highest BCUT2D eigenvalue weighted by Gasteiger charge is 2.14. The molecule has 0 radical (unpaired) electrons. The summed E-state index contributed by atoms with van der Waals surface area (Å²) >= 11 is 6.18. The third-order valence-corrected chi connectivity index (χ3v) is 3.59. The molecule has 1 heterocycles. The maximum Gasteiger partial charge on any atom is 0.0705 e. The van der Waals surface area contributed by atoms with Crippen LogP contribution in [0.5, 0.6) is 0 Å². The topological polar surface area (TPSA) is 35.8 Å². The molecule has 1 aromatic rings. The van der Waals surface area contributed by atoms with Crippen LogP contribution in [0.15, 0.2) is 46.1 Å². The molecule has 0 unspecified atom stereocenters. The maximum atomic E-state index is 8.59. The van der Waals surface area contributed by atoms with Crippen LogP contribution in [0.4, 0.5) is 0 Å². The van der Waals surface area contributed by atoms with Crippen LogP contribution >= 0.6 is 11.6 Å². The highest BCUT2D eigenvalue weighted by molar-refractivity contribution is 6.31. The molecule has 2 rings (SSSR count). The van der Waals surface area contributed by atoms with Gasteiger partial charge in [0, 0.05) is 24.7 Å². The lowest BCUT2D eigenvalue weighted by Gasteiger charge is -2.19. The monoisotopic (exact) mass is 264 g/mol. The molecule has 0 saturated carbocycles. The summed E-state index contributed by atoms with van der Waals surface area (Å²) in [5.41, 5.74) is 2.25. The van der Waals surface area contributed by atoms with Gasteiger partial charge in [-0.3, -0.25) is 4.90 Å². The number of halogens is 1. The van der Waals surface area contributed by atoms with Gasteiger partial charge in [0.05, 0.1) is 6.21 Å². The molecule has 0 atom stereocenters. The lowest BCUT2D eigenvalue weighted by atomic mass is 10.2. The average molecular weight is 265 g/mol. The Balaban J connectivity index is 1.96. The fourth-order valence-corrected chi connectivity index (χ4v) is 2.37. The fourth-order valence-electron chi connectivity index (χ4n) is 2.15. The van der Waals surface area contributed by atoms with E-state index in [-0.39, 0.29) is 0 Å². The number of hydrogen-bond donors (Lipinski definition) is 1. The molecule has 0 amide bonds. The van der Waals surface area contributed by atoms with Gasteiger partial charge in [-0.2, -0.15) is 0 Å². The lowest BCUT2D eigenvalue weighted by Crippen LogP contribution is -2.24. The molecule has 1 aromatic carbocycles. The summed E-state index contributed by atoms with van der Waals surface area (Å²) in [7, 11) is 0. The van der Waals surface area contributed by atoms with Gasteiger partial charge >= 0.3 is 0 Å². The summed E-state index contributed by atoms with van der Waals surface area (Å²) in [6, 6.07) is 10.4. The van der Waals surface area contributed by atoms with E-state index < -0.39 is 0 Å². The molecule has 0 fully saturated rings. The first-order valence-electron chi connectivity index (χ1n) is 6.11. The van der Waals surface area contributed by atoms with Crippen LogP contribution < -0.4 is 0 Å². The van der Waals surface area contributed by atoms with Crippen molar-refractivity contribution in [3.8, 4) is 0 Å². The molecule has 0 spiro atoms. The maximum absolute atomic E-state index is 8.59. The summed E-state index contributed by atoms with van der Waals surface area (Å²) < 4.78 is 0. The van der Waals surface area contributed by atoms with Gasteiger partial charge in [0.15, 0.2) is 0 Å². The van der Waals surface area contributed by atoms with E-state index >= 15 is 0 Å². The minimum Gasteiger partial charge on any atom is -0.411 e. The number of rotatable bonds is 3. The molecule has 18 heavy (non-hydrogen) atoms. The van der Waals surface area contributed by atoms with E-state index in [1.54, 1.807) is 0 Å². The molecule has 96 valence electrons. The van der Waals surface area contributed by atoms with Gasteiger partial charge in [0.2, 0.25) is 0 Å². The van der Waals surface area contributed by atoms with Crippen LogP contribution in [0.2, 0.25) is 0 Å². The number of benzene rings is 1. The zero-order valence-electron chi connectivity index (χ0n) is 10.2. The van der Waals surface area contributed by atoms with E-state index in [4.69, 9.17) is 16.8 Å². The third kappa shape index (κ3) is 3.59. The smallest absolute Gasteiger partial charge is 0.0705 e. The number of oxime groups is 1. The molecular weight excluding hydrogens is 248 g/mol. The molecule has 4 heteroatoms. The van der Waals surface area contributed by atoms with Crippen molar-refractivity contribution in [3.63, 3.8) is 0 Å². The van der Waals surface area contributed by atoms with E-state index in [1.807, 2.05) is 6.07 Å². The highest BCUT2D eigenvalue weighted by atomic mass is 35.5. The Morgan fingerprint density at radius 3 is 2.67 bits per heavy atom. The quantitative estimate of drug-likeness (QED) is 0.517. The zero-order chi connectivity index (χ0) is 12.8. The second kappa shape index (κ2) is 6.57. The Labute approximate surface area is 112 Å². The molecule has 1 aliphatic rings. The summed E-state index contributed by atoms with van der Waals surface area (Å²) in [4.78, 5) is 2.37. The molecule has 0 aromatic heterocycles. The van der Waals surface area contributed by atoms with Gasteiger partial charge in [0.1, 0.15) is 0 Å². The Morgan fingerprint density at radius 1 is 1.22 bits per heavy atom. The van der Waals surface area contributed by atoms with Gasteiger partial charge in [0.25, 0.3) is 0 Å². The average Bonchev–Trinajstić information content (AvgIpc) is 2.56. The van der Waals surface area contributed by atoms with Crippen LogP contribution in [-0.2, 0) is 6.54 Å². The second-order valence-corrected chi connectivity index (χ2v) is 4.89. The first-order valence-corrected chi connectivity index (χ1v) is 6.48. The molecule has 1 aliphatic heterocycles. The Hall–Kier alpha value is -1.32. The van der Waals surface area contributed by atoms with E-state index in [1.165, 1.54) is 11.8 Å². The molecule has 0 aliphatic carbocycles. The normalized spacial score (nSPS) is 18.3. The van der Waals surface area contributed by atoms with Crippen LogP contribution in [0.3, 0.4) is 0 Å². The first-order chi connectivity index (χ1) is 8.79. The van der Waals surface area contributed by atoms with Crippen molar-refractivity contribution in [2.45, 2.75) is 19.4 Å². The third-order valence-electron chi connectivity index (χ3n) is 3.16. The van der Waals surface area contributed by atoms with Crippen molar-refractivity contribution in [2.75, 3.05) is 13.1 Å². The van der Waals surface area contributed by atoms with Crippen molar-refractivity contribution in [3.05, 3.63) is 46.5 Å². The van der Waals surface area contributed by atoms with E-state index in [2.05, 4.69) is 34.3 Å². The van der Waals surface area contributed by atoms with Gasteiger partial charge < -0.3 is 5.21 Å². The standard InChI is InChI=1S/C14H17ClN2O/c15-14-7-9-17(8-6-13(14)10-16-18)11-12-4-2-1-3-5-12/h1-5,10,18H,6-9,11H2/b16-10+. The molecular formula is C14H17ClN2O. The van der Waals surface area contributed by atoms with E-state index in [9.17, 15) is 0 Å². The second-order valence-electron chi connectivity index (χ2n) is 4.44. The summed E-state index contributed by atoms with van der Waals surface area (Å²) in [6.07, 6.45) is 3.10. The predicted molar refractivity (Wildman–Crippen MR) is 74.1 cm³/mol. The van der Waals surface area contributed by atoms with Gasteiger partial charge in [-0.05, 0) is 24.0 Å². The Kier molecular flexibility index (Phi) is 4.79. The van der Waals surface area contributed by atoms with Gasteiger partial charge in [-0.15, -0.1) is 0 Å². The summed E-state index contributed by atoms with van der Waals surface area (Å²) in [5.74, 6) is 0. The molecule has 3 nitrogen and oxygen atoms in total. The lowest BCUT2D eigenvalue weighted by molar-refractivity contribution is 0.279. The molecule has 1 N–H and O–H groups in total. The van der Waals surface area contributed by atoms with Crippen LogP contribution in [0, 0.1) is 0 Å². The van der Waals surface area contributed by atoms with Crippen LogP contribution in [0.1, 0.15) is 18.4 Å². The largest absolute Gasteiger partial charge is 0.411 e. The van der Waals surface area contributed by atoms with Gasteiger partial charge in [-0.1, -0.05) is 47.1 Å². The predicted octanol–water partition coefficient (Wildman–Crippen LogP) is 3.24. The summed E-state index contributed by atoms with van der Waals surface area (Å²) in [5, 5.41) is 12.5. The van der Waals surface area contributed by atoms with Gasteiger partial charge in [-0.25, -0.2) is 0 Å². The minimum absolute atomic E-state index is 0.809. The fraction of sp³-hybridized carbons (Fsp3) is 0.357. The van der Waals surface area contributed by atoms with E-state index in [0.29, 0.717) is 0 Å². The molecule has 0 bridgehead atoms. The van der Waals surface area contributed by atoms with E-state index in [0.717, 1.165) is 43.1 Å². The Bertz CT molecular complexity index is 442. The van der Waals surface area contributed by atoms with Crippen molar-refractivity contribution in [2.24, 2.45) is 5.16 Å². The number of nitrogens with zero attached hydrogens (tertiary/aromatic N) is 2. The number of hydrogen-bond acceptors (Lipinski definition) is 3. The zero-order valence-corrected chi connectivity index (χ0v) is 11.0. The highest BCUT2D eigenvalue weighted by Crippen LogP contribution is 2.21. The van der Waals surface area contributed by atoms with Crippen LogP contribution in [0.25, 0.3) is 0 Å². The first kappa shape index (κ1) is 13.1. The van der Waals surface area contributed by atoms with Crippen molar-refractivity contribution in [1.29, 1.82) is 0 Å². The van der Waals surface area contributed by atoms with Crippen LogP contribution in [-0.4, -0.2) is 29.4 Å². The van der Waals surface area contributed by atoms with Crippen molar-refractivity contribution < 1.29 is 5.21 Å². The minimum atomic E-state index is 0.809. The molecule has 0 saturated heterocycles. The summed E-state index contributed by atoms with van der Waals surface area (Å²) in [6.45, 7) is 2.82. The Morgan fingerprint density at radius 2 is 1.94 bits per heavy atom. The van der Waals surface area contributed by atoms with Crippen molar-refractivity contribution in [1.82, 2.24) is 4.90 Å². The SMILES string of the molecule is O/N=C/C1=C(Cl)CCN(Cc2ccccc2)CC1.